The van der Waals surface area contributed by atoms with Crippen LogP contribution in [0.15, 0.2) is 23.8 Å². The Labute approximate surface area is 99.6 Å². The number of epoxide rings is 1. The van der Waals surface area contributed by atoms with Crippen molar-refractivity contribution in [2.75, 3.05) is 0 Å². The molecule has 0 saturated carbocycles. The van der Waals surface area contributed by atoms with Gasteiger partial charge in [-0.05, 0) is 44.9 Å². The van der Waals surface area contributed by atoms with Gasteiger partial charge in [-0.3, -0.25) is 0 Å². The number of ether oxygens (including phenoxy) is 1. The Bertz CT molecular complexity index is 324. The molecule has 2 atom stereocenters. The van der Waals surface area contributed by atoms with Crippen molar-refractivity contribution >= 4 is 0 Å². The highest BCUT2D eigenvalue weighted by molar-refractivity contribution is 5.11. The first kappa shape index (κ1) is 11.9. The highest BCUT2D eigenvalue weighted by Gasteiger charge is 2.50. The SMILES string of the molecule is C/C1=C/CC(C)(C)/C=C/C[C@]2(C)O[C@H]2CC1. The van der Waals surface area contributed by atoms with Crippen molar-refractivity contribution in [2.24, 2.45) is 5.41 Å². The number of fused-ring (bicyclic) bond motifs is 1. The average molecular weight is 220 g/mol. The Kier molecular flexibility index (Phi) is 3.00. The molecule has 1 saturated heterocycles. The van der Waals surface area contributed by atoms with E-state index in [2.05, 4.69) is 45.9 Å². The van der Waals surface area contributed by atoms with Crippen molar-refractivity contribution in [1.29, 1.82) is 0 Å². The van der Waals surface area contributed by atoms with Crippen molar-refractivity contribution in [3.8, 4) is 0 Å². The summed E-state index contributed by atoms with van der Waals surface area (Å²) in [4.78, 5) is 0. The van der Waals surface area contributed by atoms with E-state index >= 15 is 0 Å². The Morgan fingerprint density at radius 3 is 2.75 bits per heavy atom. The van der Waals surface area contributed by atoms with E-state index in [1.807, 2.05) is 0 Å². The molecule has 1 heteroatoms. The molecule has 2 aliphatic rings. The molecule has 0 bridgehead atoms. The zero-order chi connectivity index (χ0) is 11.8. The minimum absolute atomic E-state index is 0.136. The first-order valence-corrected chi connectivity index (χ1v) is 6.42. The fraction of sp³-hybridized carbons (Fsp3) is 0.733. The van der Waals surface area contributed by atoms with E-state index in [0.717, 1.165) is 12.8 Å². The molecule has 16 heavy (non-hydrogen) atoms. The van der Waals surface area contributed by atoms with Crippen LogP contribution in [0.3, 0.4) is 0 Å². The molecule has 0 aromatic rings. The second-order valence-corrected chi connectivity index (χ2v) is 6.31. The Morgan fingerprint density at radius 2 is 2.00 bits per heavy atom. The van der Waals surface area contributed by atoms with Gasteiger partial charge in [0.05, 0.1) is 11.7 Å². The molecule has 0 radical (unpaired) electrons. The molecular formula is C15H24O. The highest BCUT2D eigenvalue weighted by Crippen LogP contribution is 2.43. The molecule has 0 unspecified atom stereocenters. The van der Waals surface area contributed by atoms with E-state index in [0.29, 0.717) is 6.10 Å². The summed E-state index contributed by atoms with van der Waals surface area (Å²) in [6.45, 7) is 9.10. The van der Waals surface area contributed by atoms with Crippen LogP contribution in [0.1, 0.15) is 53.4 Å². The van der Waals surface area contributed by atoms with Crippen LogP contribution in [0.5, 0.6) is 0 Å². The van der Waals surface area contributed by atoms with Crippen LogP contribution in [0, 0.1) is 5.41 Å². The lowest BCUT2D eigenvalue weighted by Crippen LogP contribution is -2.09. The third-order valence-corrected chi connectivity index (χ3v) is 3.91. The monoisotopic (exact) mass is 220 g/mol. The van der Waals surface area contributed by atoms with E-state index < -0.39 is 0 Å². The molecule has 1 heterocycles. The molecule has 1 aliphatic heterocycles. The lowest BCUT2D eigenvalue weighted by atomic mass is 9.87. The van der Waals surface area contributed by atoms with Crippen LogP contribution in [0.2, 0.25) is 0 Å². The maximum absolute atomic E-state index is 5.82. The van der Waals surface area contributed by atoms with Crippen molar-refractivity contribution in [3.63, 3.8) is 0 Å². The summed E-state index contributed by atoms with van der Waals surface area (Å²) < 4.78 is 5.82. The zero-order valence-electron chi connectivity index (χ0n) is 11.0. The van der Waals surface area contributed by atoms with Gasteiger partial charge in [-0.25, -0.2) is 0 Å². The van der Waals surface area contributed by atoms with E-state index in [-0.39, 0.29) is 11.0 Å². The van der Waals surface area contributed by atoms with E-state index in [1.54, 1.807) is 0 Å². The van der Waals surface area contributed by atoms with Crippen molar-refractivity contribution in [2.45, 2.75) is 65.1 Å². The normalized spacial score (nSPS) is 43.5. The summed E-state index contributed by atoms with van der Waals surface area (Å²) in [5, 5.41) is 0. The summed E-state index contributed by atoms with van der Waals surface area (Å²) >= 11 is 0. The van der Waals surface area contributed by atoms with E-state index in [4.69, 9.17) is 4.74 Å². The third kappa shape index (κ3) is 2.76. The molecule has 0 N–H and O–H groups in total. The van der Waals surface area contributed by atoms with Gasteiger partial charge in [0.15, 0.2) is 0 Å². The Hall–Kier alpha value is -0.560. The fourth-order valence-corrected chi connectivity index (χ4v) is 2.41. The van der Waals surface area contributed by atoms with Gasteiger partial charge in [0.25, 0.3) is 0 Å². The second kappa shape index (κ2) is 4.03. The molecule has 1 aliphatic carbocycles. The van der Waals surface area contributed by atoms with Crippen LogP contribution < -0.4 is 0 Å². The van der Waals surface area contributed by atoms with E-state index in [9.17, 15) is 0 Å². The van der Waals surface area contributed by atoms with Gasteiger partial charge in [0.2, 0.25) is 0 Å². The topological polar surface area (TPSA) is 12.5 Å². The molecule has 2 rings (SSSR count). The molecule has 0 aromatic carbocycles. The number of rotatable bonds is 0. The van der Waals surface area contributed by atoms with Gasteiger partial charge in [0.1, 0.15) is 0 Å². The number of allylic oxidation sites excluding steroid dienone is 3. The van der Waals surface area contributed by atoms with Gasteiger partial charge < -0.3 is 4.74 Å². The van der Waals surface area contributed by atoms with Crippen LogP contribution >= 0.6 is 0 Å². The lowest BCUT2D eigenvalue weighted by Gasteiger charge is -2.18. The quantitative estimate of drug-likeness (QED) is 0.439. The van der Waals surface area contributed by atoms with Gasteiger partial charge >= 0.3 is 0 Å². The van der Waals surface area contributed by atoms with Gasteiger partial charge in [-0.15, -0.1) is 0 Å². The number of hydrogen-bond acceptors (Lipinski definition) is 1. The van der Waals surface area contributed by atoms with Crippen LogP contribution in [-0.4, -0.2) is 11.7 Å². The highest BCUT2D eigenvalue weighted by atomic mass is 16.6. The van der Waals surface area contributed by atoms with Crippen molar-refractivity contribution in [3.05, 3.63) is 23.8 Å². The number of hydrogen-bond donors (Lipinski definition) is 0. The van der Waals surface area contributed by atoms with Gasteiger partial charge in [-0.2, -0.15) is 0 Å². The van der Waals surface area contributed by atoms with Crippen LogP contribution in [0.4, 0.5) is 0 Å². The largest absolute Gasteiger partial charge is 0.366 e. The molecule has 1 fully saturated rings. The van der Waals surface area contributed by atoms with Gasteiger partial charge in [0, 0.05) is 0 Å². The molecule has 90 valence electrons. The summed E-state index contributed by atoms with van der Waals surface area (Å²) in [6.07, 6.45) is 12.2. The van der Waals surface area contributed by atoms with Crippen molar-refractivity contribution < 1.29 is 4.74 Å². The Balaban J connectivity index is 2.11. The van der Waals surface area contributed by atoms with Gasteiger partial charge in [-0.1, -0.05) is 37.6 Å². The third-order valence-electron chi connectivity index (χ3n) is 3.91. The molecular weight excluding hydrogens is 196 g/mol. The average Bonchev–Trinajstić information content (AvgIpc) is 2.82. The minimum Gasteiger partial charge on any atom is -0.366 e. The second-order valence-electron chi connectivity index (χ2n) is 6.31. The maximum Gasteiger partial charge on any atom is 0.0954 e. The summed E-state index contributed by atoms with van der Waals surface area (Å²) in [6, 6.07) is 0. The predicted octanol–water partition coefficient (Wildman–Crippen LogP) is 4.25. The van der Waals surface area contributed by atoms with E-state index in [1.165, 1.54) is 18.4 Å². The Morgan fingerprint density at radius 1 is 1.25 bits per heavy atom. The summed E-state index contributed by atoms with van der Waals surface area (Å²) in [7, 11) is 0. The lowest BCUT2D eigenvalue weighted by molar-refractivity contribution is 0.306. The van der Waals surface area contributed by atoms with Crippen LogP contribution in [0.25, 0.3) is 0 Å². The molecule has 1 nitrogen and oxygen atoms in total. The minimum atomic E-state index is 0.136. The summed E-state index contributed by atoms with van der Waals surface area (Å²) in [5.74, 6) is 0. The molecule has 0 spiro atoms. The smallest absolute Gasteiger partial charge is 0.0954 e. The first-order valence-electron chi connectivity index (χ1n) is 6.42. The maximum atomic E-state index is 5.82. The molecule has 0 amide bonds. The van der Waals surface area contributed by atoms with Crippen LogP contribution in [-0.2, 0) is 4.74 Å². The predicted molar refractivity (Wildman–Crippen MR) is 68.4 cm³/mol. The molecule has 0 aromatic heterocycles. The standard InChI is InChI=1S/C15H24O/c1-12-6-7-13-15(4,16-13)10-5-9-14(2,3)11-8-12/h5,8-9,13H,6-7,10-11H2,1-4H3/b9-5+,12-8-/t13-,15-/m0/s1. The summed E-state index contributed by atoms with van der Waals surface area (Å²) in [5.41, 5.74) is 1.94. The fourth-order valence-electron chi connectivity index (χ4n) is 2.41. The first-order chi connectivity index (χ1) is 7.41. The zero-order valence-corrected chi connectivity index (χ0v) is 11.0. The van der Waals surface area contributed by atoms with Crippen molar-refractivity contribution in [1.82, 2.24) is 0 Å².